The van der Waals surface area contributed by atoms with E-state index in [1.54, 1.807) is 12.1 Å². The molecule has 0 aromatic heterocycles. The van der Waals surface area contributed by atoms with Gasteiger partial charge in [-0.1, -0.05) is 85.0 Å². The quantitative estimate of drug-likeness (QED) is 0.332. The van der Waals surface area contributed by atoms with E-state index in [-0.39, 0.29) is 0 Å². The lowest BCUT2D eigenvalue weighted by Gasteiger charge is -2.10. The Morgan fingerprint density at radius 1 is 0.567 bits per heavy atom. The number of hydrogen-bond donors (Lipinski definition) is 0. The molecule has 0 aliphatic carbocycles. The van der Waals surface area contributed by atoms with Crippen LogP contribution in [0.4, 0.5) is 8.78 Å². The van der Waals surface area contributed by atoms with Crippen LogP contribution in [0.5, 0.6) is 0 Å². The highest BCUT2D eigenvalue weighted by atomic mass is 19.2. The minimum absolute atomic E-state index is 0.291. The molecular formula is C28H28F2. The minimum Gasteiger partial charge on any atom is -0.203 e. The van der Waals surface area contributed by atoms with Crippen LogP contribution in [0.25, 0.3) is 22.3 Å². The van der Waals surface area contributed by atoms with Gasteiger partial charge in [-0.05, 0) is 61.8 Å². The first kappa shape index (κ1) is 21.7. The van der Waals surface area contributed by atoms with Crippen LogP contribution in [0.15, 0.2) is 85.0 Å². The molecule has 2 heteroatoms. The van der Waals surface area contributed by atoms with Crippen molar-refractivity contribution < 1.29 is 8.78 Å². The van der Waals surface area contributed by atoms with Crippen LogP contribution in [0.2, 0.25) is 0 Å². The molecule has 0 saturated heterocycles. The second-order valence-electron chi connectivity index (χ2n) is 7.40. The fraction of sp³-hybridized carbons (Fsp3) is 0.214. The van der Waals surface area contributed by atoms with Crippen LogP contribution >= 0.6 is 0 Å². The Hall–Kier alpha value is -3.00. The highest BCUT2D eigenvalue weighted by Crippen LogP contribution is 2.32. The fourth-order valence-corrected chi connectivity index (χ4v) is 3.53. The molecule has 0 unspecified atom stereocenters. The average molecular weight is 403 g/mol. The Bertz CT molecular complexity index is 925. The molecule has 0 atom stereocenters. The zero-order valence-corrected chi connectivity index (χ0v) is 17.7. The van der Waals surface area contributed by atoms with Gasteiger partial charge in [-0.2, -0.15) is 0 Å². The van der Waals surface area contributed by atoms with E-state index in [0.29, 0.717) is 22.3 Å². The molecule has 0 spiro atoms. The van der Waals surface area contributed by atoms with Gasteiger partial charge in [0.15, 0.2) is 11.6 Å². The van der Waals surface area contributed by atoms with Crippen molar-refractivity contribution in [3.8, 4) is 22.3 Å². The van der Waals surface area contributed by atoms with Crippen molar-refractivity contribution in [1.29, 1.82) is 0 Å². The van der Waals surface area contributed by atoms with E-state index >= 15 is 0 Å². The Morgan fingerprint density at radius 3 is 1.27 bits per heavy atom. The van der Waals surface area contributed by atoms with E-state index in [1.165, 1.54) is 11.1 Å². The molecule has 0 N–H and O–H groups in total. The highest BCUT2D eigenvalue weighted by Gasteiger charge is 2.16. The third kappa shape index (κ3) is 5.33. The Balaban J connectivity index is 1.80. The summed E-state index contributed by atoms with van der Waals surface area (Å²) in [5.41, 5.74) is 4.32. The van der Waals surface area contributed by atoms with Gasteiger partial charge < -0.3 is 0 Å². The zero-order valence-electron chi connectivity index (χ0n) is 17.7. The van der Waals surface area contributed by atoms with Gasteiger partial charge in [-0.3, -0.25) is 0 Å². The van der Waals surface area contributed by atoms with E-state index in [9.17, 15) is 8.78 Å². The third-order valence-corrected chi connectivity index (χ3v) is 5.28. The van der Waals surface area contributed by atoms with Crippen molar-refractivity contribution in [3.05, 3.63) is 108 Å². The van der Waals surface area contributed by atoms with Crippen molar-refractivity contribution in [1.82, 2.24) is 0 Å². The highest BCUT2D eigenvalue weighted by molar-refractivity contribution is 5.72. The summed E-state index contributed by atoms with van der Waals surface area (Å²) in [6.07, 6.45) is 12.1. The molecule has 3 rings (SSSR count). The molecule has 30 heavy (non-hydrogen) atoms. The van der Waals surface area contributed by atoms with E-state index < -0.39 is 11.6 Å². The van der Waals surface area contributed by atoms with Crippen LogP contribution in [-0.2, 0) is 12.8 Å². The first-order chi connectivity index (χ1) is 14.6. The summed E-state index contributed by atoms with van der Waals surface area (Å²) in [4.78, 5) is 0. The number of benzene rings is 3. The maximum atomic E-state index is 14.9. The summed E-state index contributed by atoms with van der Waals surface area (Å²) in [6, 6.07) is 18.7. The van der Waals surface area contributed by atoms with E-state index in [2.05, 4.69) is 12.2 Å². The molecule has 0 amide bonds. The molecule has 0 saturated carbocycles. The molecule has 3 aromatic rings. The number of allylic oxidation sites excluding steroid dienone is 4. The molecule has 0 nitrogen and oxygen atoms in total. The van der Waals surface area contributed by atoms with Crippen molar-refractivity contribution in [2.24, 2.45) is 0 Å². The normalized spacial score (nSPS) is 11.6. The summed E-state index contributed by atoms with van der Waals surface area (Å²) in [7, 11) is 0. The molecule has 0 aliphatic heterocycles. The smallest absolute Gasteiger partial charge is 0.167 e. The first-order valence-electron chi connectivity index (χ1n) is 10.5. The lowest BCUT2D eigenvalue weighted by atomic mass is 9.96. The maximum absolute atomic E-state index is 14.9. The second kappa shape index (κ2) is 10.7. The summed E-state index contributed by atoms with van der Waals surface area (Å²) >= 11 is 0. The largest absolute Gasteiger partial charge is 0.203 e. The van der Waals surface area contributed by atoms with Crippen LogP contribution in [-0.4, -0.2) is 0 Å². The molecule has 154 valence electrons. The van der Waals surface area contributed by atoms with Crippen molar-refractivity contribution in [3.63, 3.8) is 0 Å². The van der Waals surface area contributed by atoms with E-state index in [1.807, 2.05) is 74.5 Å². The number of rotatable bonds is 8. The standard InChI is InChI=1S/C28H28F2/c1-3-5-7-9-21-11-15-23(16-12-21)25-19-20-26(28(30)27(25)29)24-17-13-22(14-18-24)10-8-6-4-2/h3-6,11-20H,7-10H2,1-2H3. The number of aryl methyl sites for hydroxylation is 2. The topological polar surface area (TPSA) is 0 Å². The first-order valence-corrected chi connectivity index (χ1v) is 10.5. The van der Waals surface area contributed by atoms with Gasteiger partial charge in [-0.15, -0.1) is 0 Å². The maximum Gasteiger partial charge on any atom is 0.167 e. The van der Waals surface area contributed by atoms with Crippen LogP contribution in [0.1, 0.15) is 37.8 Å². The summed E-state index contributed by atoms with van der Waals surface area (Å²) in [6.45, 7) is 4.01. The Labute approximate surface area is 178 Å². The van der Waals surface area contributed by atoms with Crippen molar-refractivity contribution in [2.75, 3.05) is 0 Å². The van der Waals surface area contributed by atoms with Gasteiger partial charge >= 0.3 is 0 Å². The van der Waals surface area contributed by atoms with Crippen LogP contribution in [0, 0.1) is 11.6 Å². The predicted octanol–water partition coefficient (Wildman–Crippen LogP) is 8.32. The van der Waals surface area contributed by atoms with Gasteiger partial charge in [0, 0.05) is 11.1 Å². The molecule has 0 heterocycles. The van der Waals surface area contributed by atoms with Crippen LogP contribution < -0.4 is 0 Å². The van der Waals surface area contributed by atoms with Gasteiger partial charge in [0.2, 0.25) is 0 Å². The second-order valence-corrected chi connectivity index (χ2v) is 7.40. The van der Waals surface area contributed by atoms with E-state index in [4.69, 9.17) is 0 Å². The summed E-state index contributed by atoms with van der Waals surface area (Å²) in [5, 5.41) is 0. The van der Waals surface area contributed by atoms with Gasteiger partial charge in [-0.25, -0.2) is 8.78 Å². The number of hydrogen-bond acceptors (Lipinski definition) is 0. The predicted molar refractivity (Wildman–Crippen MR) is 124 cm³/mol. The molecule has 3 aromatic carbocycles. The Kier molecular flexibility index (Phi) is 7.73. The third-order valence-electron chi connectivity index (χ3n) is 5.28. The Morgan fingerprint density at radius 2 is 0.933 bits per heavy atom. The van der Waals surface area contributed by atoms with Crippen molar-refractivity contribution >= 4 is 0 Å². The van der Waals surface area contributed by atoms with Gasteiger partial charge in [0.25, 0.3) is 0 Å². The van der Waals surface area contributed by atoms with Crippen molar-refractivity contribution in [2.45, 2.75) is 39.5 Å². The monoisotopic (exact) mass is 402 g/mol. The fourth-order valence-electron chi connectivity index (χ4n) is 3.53. The summed E-state index contributed by atoms with van der Waals surface area (Å²) < 4.78 is 29.8. The van der Waals surface area contributed by atoms with Gasteiger partial charge in [0.05, 0.1) is 0 Å². The summed E-state index contributed by atoms with van der Waals surface area (Å²) in [5.74, 6) is -1.60. The average Bonchev–Trinajstić information content (AvgIpc) is 2.77. The molecule has 0 bridgehead atoms. The lowest BCUT2D eigenvalue weighted by molar-refractivity contribution is 0.514. The van der Waals surface area contributed by atoms with Gasteiger partial charge in [0.1, 0.15) is 0 Å². The number of halogens is 2. The SMILES string of the molecule is CC=CCCc1ccc(-c2ccc(-c3ccc(CCC=CC)cc3)c(F)c2F)cc1. The molecular weight excluding hydrogens is 374 g/mol. The molecule has 0 radical (unpaired) electrons. The molecule has 0 aliphatic rings. The molecule has 0 fully saturated rings. The van der Waals surface area contributed by atoms with Crippen LogP contribution in [0.3, 0.4) is 0 Å². The minimum atomic E-state index is -0.800. The zero-order chi connectivity index (χ0) is 21.3. The lowest BCUT2D eigenvalue weighted by Crippen LogP contribution is -1.95. The van der Waals surface area contributed by atoms with E-state index in [0.717, 1.165) is 25.7 Å².